The third kappa shape index (κ3) is 3.76. The number of anilines is 1. The van der Waals surface area contributed by atoms with Crippen LogP contribution in [0, 0.1) is 5.92 Å². The van der Waals surface area contributed by atoms with Gasteiger partial charge in [-0.05, 0) is 23.3 Å². The monoisotopic (exact) mass is 311 g/mol. The van der Waals surface area contributed by atoms with E-state index in [0.717, 1.165) is 16.8 Å². The highest BCUT2D eigenvalue weighted by Crippen LogP contribution is 2.26. The number of hydrazine groups is 1. The second-order valence-corrected chi connectivity index (χ2v) is 5.64. The molecule has 2 unspecified atom stereocenters. The number of hydrogen-bond donors (Lipinski definition) is 3. The molecule has 2 atom stereocenters. The van der Waals surface area contributed by atoms with E-state index in [-0.39, 0.29) is 17.9 Å². The highest BCUT2D eigenvalue weighted by molar-refractivity contribution is 5.93. The first-order valence-electron chi connectivity index (χ1n) is 7.70. The Morgan fingerprint density at radius 2 is 2.04 bits per heavy atom. The summed E-state index contributed by atoms with van der Waals surface area (Å²) in [5, 5.41) is 3.01. The summed E-state index contributed by atoms with van der Waals surface area (Å²) in [5.74, 6) is -0.158. The number of ether oxygens (including phenoxy) is 1. The van der Waals surface area contributed by atoms with E-state index in [0.29, 0.717) is 13.2 Å². The van der Waals surface area contributed by atoms with Crippen molar-refractivity contribution in [1.82, 2.24) is 10.9 Å². The van der Waals surface area contributed by atoms with Gasteiger partial charge < -0.3 is 10.1 Å². The third-order valence-electron chi connectivity index (χ3n) is 3.98. The van der Waals surface area contributed by atoms with Crippen molar-refractivity contribution in [3.05, 3.63) is 65.7 Å². The van der Waals surface area contributed by atoms with Gasteiger partial charge in [-0.1, -0.05) is 42.5 Å². The predicted octanol–water partition coefficient (Wildman–Crippen LogP) is 2.24. The fourth-order valence-electron chi connectivity index (χ4n) is 2.86. The lowest BCUT2D eigenvalue weighted by molar-refractivity contribution is -0.119. The van der Waals surface area contributed by atoms with E-state index in [4.69, 9.17) is 4.74 Å². The molecule has 1 fully saturated rings. The highest BCUT2D eigenvalue weighted by atomic mass is 16.5. The Bertz CT molecular complexity index is 660. The van der Waals surface area contributed by atoms with Crippen molar-refractivity contribution in [2.45, 2.75) is 12.6 Å². The van der Waals surface area contributed by atoms with E-state index >= 15 is 0 Å². The zero-order valence-electron chi connectivity index (χ0n) is 13.1. The minimum atomic E-state index is -0.163. The number of amides is 1. The topological polar surface area (TPSA) is 62.4 Å². The molecule has 0 aromatic heterocycles. The van der Waals surface area contributed by atoms with Gasteiger partial charge >= 0.3 is 0 Å². The average molecular weight is 311 g/mol. The summed E-state index contributed by atoms with van der Waals surface area (Å²) in [6.45, 7) is 1.13. The van der Waals surface area contributed by atoms with Crippen molar-refractivity contribution < 1.29 is 9.53 Å². The van der Waals surface area contributed by atoms with E-state index in [2.05, 4.69) is 16.2 Å². The zero-order chi connectivity index (χ0) is 16.1. The maximum absolute atomic E-state index is 12.6. The molecule has 1 heterocycles. The first-order valence-corrected chi connectivity index (χ1v) is 7.70. The second kappa shape index (κ2) is 7.37. The molecule has 5 nitrogen and oxygen atoms in total. The SMILES string of the molecule is COCc1cccc(NC(=O)C2CNNC2c2ccccc2)c1. The molecule has 5 heteroatoms. The average Bonchev–Trinajstić information content (AvgIpc) is 3.06. The van der Waals surface area contributed by atoms with Gasteiger partial charge in [-0.2, -0.15) is 0 Å². The molecule has 1 aliphatic heterocycles. The van der Waals surface area contributed by atoms with Crippen molar-refractivity contribution in [3.63, 3.8) is 0 Å². The lowest BCUT2D eigenvalue weighted by Gasteiger charge is -2.18. The molecule has 2 aromatic rings. The predicted molar refractivity (Wildman–Crippen MR) is 89.6 cm³/mol. The van der Waals surface area contributed by atoms with Crippen LogP contribution in [0.25, 0.3) is 0 Å². The largest absolute Gasteiger partial charge is 0.380 e. The van der Waals surface area contributed by atoms with Gasteiger partial charge in [-0.25, -0.2) is 5.43 Å². The Morgan fingerprint density at radius 1 is 1.22 bits per heavy atom. The molecule has 0 radical (unpaired) electrons. The van der Waals surface area contributed by atoms with Gasteiger partial charge in [0, 0.05) is 19.3 Å². The lowest BCUT2D eigenvalue weighted by atomic mass is 9.94. The van der Waals surface area contributed by atoms with Gasteiger partial charge in [0.15, 0.2) is 0 Å². The highest BCUT2D eigenvalue weighted by Gasteiger charge is 2.33. The molecule has 2 aromatic carbocycles. The number of benzene rings is 2. The van der Waals surface area contributed by atoms with Crippen molar-refractivity contribution >= 4 is 11.6 Å². The van der Waals surface area contributed by atoms with Crippen LogP contribution in [0.3, 0.4) is 0 Å². The Labute approximate surface area is 136 Å². The van der Waals surface area contributed by atoms with E-state index in [1.165, 1.54) is 0 Å². The fraction of sp³-hybridized carbons (Fsp3) is 0.278. The van der Waals surface area contributed by atoms with Crippen LogP contribution in [0.5, 0.6) is 0 Å². The number of nitrogens with one attached hydrogen (secondary N) is 3. The van der Waals surface area contributed by atoms with Crippen LogP contribution in [0.4, 0.5) is 5.69 Å². The summed E-state index contributed by atoms with van der Waals surface area (Å²) in [6.07, 6.45) is 0. The summed E-state index contributed by atoms with van der Waals surface area (Å²) >= 11 is 0. The van der Waals surface area contributed by atoms with Crippen LogP contribution < -0.4 is 16.2 Å². The van der Waals surface area contributed by atoms with Crippen LogP contribution in [0.1, 0.15) is 17.2 Å². The molecule has 1 aliphatic rings. The van der Waals surface area contributed by atoms with Gasteiger partial charge in [0.2, 0.25) is 5.91 Å². The molecule has 0 aliphatic carbocycles. The second-order valence-electron chi connectivity index (χ2n) is 5.64. The molecule has 1 saturated heterocycles. The van der Waals surface area contributed by atoms with Gasteiger partial charge in [-0.15, -0.1) is 0 Å². The Morgan fingerprint density at radius 3 is 2.83 bits per heavy atom. The van der Waals surface area contributed by atoms with E-state index in [1.807, 2.05) is 54.6 Å². The first-order chi connectivity index (χ1) is 11.3. The number of carbonyl (C=O) groups excluding carboxylic acids is 1. The molecule has 3 rings (SSSR count). The maximum atomic E-state index is 12.6. The van der Waals surface area contributed by atoms with Crippen LogP contribution in [0.2, 0.25) is 0 Å². The summed E-state index contributed by atoms with van der Waals surface area (Å²) in [6, 6.07) is 17.7. The number of methoxy groups -OCH3 is 1. The third-order valence-corrected chi connectivity index (χ3v) is 3.98. The Hall–Kier alpha value is -2.21. The molecule has 120 valence electrons. The minimum absolute atomic E-state index is 0.00548. The number of hydrogen-bond acceptors (Lipinski definition) is 4. The molecular formula is C18H21N3O2. The zero-order valence-corrected chi connectivity index (χ0v) is 13.1. The van der Waals surface area contributed by atoms with Gasteiger partial charge in [0.25, 0.3) is 0 Å². The van der Waals surface area contributed by atoms with Crippen LogP contribution >= 0.6 is 0 Å². The summed E-state index contributed by atoms with van der Waals surface area (Å²) in [5.41, 5.74) is 9.21. The minimum Gasteiger partial charge on any atom is -0.380 e. The van der Waals surface area contributed by atoms with E-state index in [9.17, 15) is 4.79 Å². The van der Waals surface area contributed by atoms with E-state index < -0.39 is 0 Å². The summed E-state index contributed by atoms with van der Waals surface area (Å²) in [4.78, 5) is 12.6. The van der Waals surface area contributed by atoms with Crippen molar-refractivity contribution in [2.75, 3.05) is 19.0 Å². The maximum Gasteiger partial charge on any atom is 0.230 e. The normalized spacial score (nSPS) is 20.4. The van der Waals surface area contributed by atoms with Gasteiger partial charge in [-0.3, -0.25) is 10.2 Å². The van der Waals surface area contributed by atoms with Gasteiger partial charge in [0.1, 0.15) is 0 Å². The standard InChI is InChI=1S/C18H21N3O2/c1-23-12-13-6-5-9-15(10-13)20-18(22)16-11-19-21-17(16)14-7-3-2-4-8-14/h2-10,16-17,19,21H,11-12H2,1H3,(H,20,22). The van der Waals surface area contributed by atoms with Gasteiger partial charge in [0.05, 0.1) is 18.6 Å². The summed E-state index contributed by atoms with van der Waals surface area (Å²) in [7, 11) is 1.66. The molecule has 23 heavy (non-hydrogen) atoms. The first kappa shape index (κ1) is 15.7. The Balaban J connectivity index is 1.71. The van der Waals surface area contributed by atoms with Crippen molar-refractivity contribution in [2.24, 2.45) is 5.92 Å². The number of carbonyl (C=O) groups is 1. The quantitative estimate of drug-likeness (QED) is 0.792. The lowest BCUT2D eigenvalue weighted by Crippen LogP contribution is -2.29. The summed E-state index contributed by atoms with van der Waals surface area (Å²) < 4.78 is 5.13. The van der Waals surface area contributed by atoms with Crippen molar-refractivity contribution in [1.29, 1.82) is 0 Å². The van der Waals surface area contributed by atoms with E-state index in [1.54, 1.807) is 7.11 Å². The van der Waals surface area contributed by atoms with Crippen LogP contribution in [-0.2, 0) is 16.1 Å². The van der Waals surface area contributed by atoms with Crippen molar-refractivity contribution in [3.8, 4) is 0 Å². The fourth-order valence-corrected chi connectivity index (χ4v) is 2.86. The van der Waals surface area contributed by atoms with Crippen LogP contribution in [-0.4, -0.2) is 19.6 Å². The molecule has 0 bridgehead atoms. The smallest absolute Gasteiger partial charge is 0.230 e. The number of rotatable bonds is 5. The molecule has 0 spiro atoms. The Kier molecular flexibility index (Phi) is 5.02. The van der Waals surface area contributed by atoms with Crippen LogP contribution in [0.15, 0.2) is 54.6 Å². The molecular weight excluding hydrogens is 290 g/mol. The molecule has 1 amide bonds. The molecule has 3 N–H and O–H groups in total. The molecule has 0 saturated carbocycles.